The molecule has 0 amide bonds. The molecule has 0 unspecified atom stereocenters. The van der Waals surface area contributed by atoms with E-state index in [4.69, 9.17) is 14.5 Å². The number of ether oxygens (including phenoxy) is 2. The van der Waals surface area contributed by atoms with Gasteiger partial charge in [-0.1, -0.05) is 19.1 Å². The number of hydrogen-bond acceptors (Lipinski definition) is 3. The highest BCUT2D eigenvalue weighted by Crippen LogP contribution is 2.26. The van der Waals surface area contributed by atoms with Crippen LogP contribution in [-0.2, 0) is 11.3 Å². The summed E-state index contributed by atoms with van der Waals surface area (Å²) in [6.45, 7) is 11.1. The van der Waals surface area contributed by atoms with Gasteiger partial charge in [0, 0.05) is 25.6 Å². The van der Waals surface area contributed by atoms with Crippen molar-refractivity contribution in [2.24, 2.45) is 10.4 Å². The number of hydrogen-bond donors (Lipinski definition) is 1. The van der Waals surface area contributed by atoms with Crippen LogP contribution < -0.4 is 10.1 Å². The minimum Gasteiger partial charge on any atom is -0.494 e. The third-order valence-electron chi connectivity index (χ3n) is 3.86. The van der Waals surface area contributed by atoms with Crippen LogP contribution in [0.2, 0.25) is 0 Å². The summed E-state index contributed by atoms with van der Waals surface area (Å²) in [5.74, 6) is 1.85. The lowest BCUT2D eigenvalue weighted by Gasteiger charge is -2.37. The molecule has 6 heteroatoms. The fourth-order valence-corrected chi connectivity index (χ4v) is 2.48. The second kappa shape index (κ2) is 10.1. The number of guanidine groups is 1. The van der Waals surface area contributed by atoms with Crippen molar-refractivity contribution in [2.45, 2.75) is 27.3 Å². The SMILES string of the molecule is CCNC(=NCC1(C)COC1)N(C)Cc1ccc(OCC)cc1.I. The van der Waals surface area contributed by atoms with E-state index in [-0.39, 0.29) is 29.4 Å². The molecule has 1 heterocycles. The van der Waals surface area contributed by atoms with E-state index in [1.165, 1.54) is 5.56 Å². The van der Waals surface area contributed by atoms with E-state index in [1.54, 1.807) is 0 Å². The van der Waals surface area contributed by atoms with Crippen LogP contribution in [0.4, 0.5) is 0 Å². The van der Waals surface area contributed by atoms with E-state index in [1.807, 2.05) is 19.1 Å². The van der Waals surface area contributed by atoms with Gasteiger partial charge in [-0.05, 0) is 31.5 Å². The van der Waals surface area contributed by atoms with Gasteiger partial charge in [-0.15, -0.1) is 24.0 Å². The van der Waals surface area contributed by atoms with E-state index in [9.17, 15) is 0 Å². The van der Waals surface area contributed by atoms with Crippen LogP contribution >= 0.6 is 24.0 Å². The van der Waals surface area contributed by atoms with E-state index in [2.05, 4.69) is 43.2 Å². The largest absolute Gasteiger partial charge is 0.494 e. The molecule has 0 saturated carbocycles. The first-order chi connectivity index (χ1) is 11.1. The minimum atomic E-state index is 0. The smallest absolute Gasteiger partial charge is 0.193 e. The maximum absolute atomic E-state index is 5.49. The van der Waals surface area contributed by atoms with Gasteiger partial charge in [0.2, 0.25) is 0 Å². The molecule has 2 rings (SSSR count). The molecular weight excluding hydrogens is 417 g/mol. The minimum absolute atomic E-state index is 0. The monoisotopic (exact) mass is 447 g/mol. The fourth-order valence-electron chi connectivity index (χ4n) is 2.48. The van der Waals surface area contributed by atoms with Crippen molar-refractivity contribution in [3.63, 3.8) is 0 Å². The van der Waals surface area contributed by atoms with Gasteiger partial charge in [0.1, 0.15) is 5.75 Å². The predicted octanol–water partition coefficient (Wildman–Crippen LogP) is 3.14. The van der Waals surface area contributed by atoms with Crippen molar-refractivity contribution < 1.29 is 9.47 Å². The molecular formula is C18H30IN3O2. The summed E-state index contributed by atoms with van der Waals surface area (Å²) < 4.78 is 10.8. The zero-order valence-corrected chi connectivity index (χ0v) is 17.5. The molecule has 0 spiro atoms. The number of halogens is 1. The molecule has 1 N–H and O–H groups in total. The van der Waals surface area contributed by atoms with E-state index < -0.39 is 0 Å². The maximum atomic E-state index is 5.49. The molecule has 0 radical (unpaired) electrons. The van der Waals surface area contributed by atoms with Crippen molar-refractivity contribution in [1.29, 1.82) is 0 Å². The molecule has 5 nitrogen and oxygen atoms in total. The van der Waals surface area contributed by atoms with Crippen molar-refractivity contribution >= 4 is 29.9 Å². The van der Waals surface area contributed by atoms with Crippen molar-refractivity contribution in [2.75, 3.05) is 40.0 Å². The zero-order chi connectivity index (χ0) is 16.7. The fraction of sp³-hybridized carbons (Fsp3) is 0.611. The summed E-state index contributed by atoms with van der Waals surface area (Å²) in [7, 11) is 2.07. The van der Waals surface area contributed by atoms with Crippen LogP contribution in [0.25, 0.3) is 0 Å². The first-order valence-corrected chi connectivity index (χ1v) is 8.35. The lowest BCUT2D eigenvalue weighted by molar-refractivity contribution is -0.0946. The van der Waals surface area contributed by atoms with Gasteiger partial charge in [-0.25, -0.2) is 0 Å². The standard InChI is InChI=1S/C18H29N3O2.HI/c1-5-19-17(20-12-18(3)13-22-14-18)21(4)11-15-7-9-16(10-8-15)23-6-2;/h7-10H,5-6,11-14H2,1-4H3,(H,19,20);1H. The van der Waals surface area contributed by atoms with Crippen molar-refractivity contribution in [1.82, 2.24) is 10.2 Å². The van der Waals surface area contributed by atoms with Gasteiger partial charge >= 0.3 is 0 Å². The number of aliphatic imine (C=N–C) groups is 1. The Balaban J connectivity index is 0.00000288. The van der Waals surface area contributed by atoms with Crippen LogP contribution in [-0.4, -0.2) is 50.8 Å². The lowest BCUT2D eigenvalue weighted by Crippen LogP contribution is -2.44. The van der Waals surface area contributed by atoms with Gasteiger partial charge in [-0.2, -0.15) is 0 Å². The van der Waals surface area contributed by atoms with Crippen molar-refractivity contribution in [3.05, 3.63) is 29.8 Å². The molecule has 1 saturated heterocycles. The molecule has 0 atom stereocenters. The lowest BCUT2D eigenvalue weighted by atomic mass is 9.89. The quantitative estimate of drug-likeness (QED) is 0.397. The zero-order valence-electron chi connectivity index (χ0n) is 15.2. The van der Waals surface area contributed by atoms with Gasteiger partial charge in [0.05, 0.1) is 26.4 Å². The van der Waals surface area contributed by atoms with E-state index >= 15 is 0 Å². The topological polar surface area (TPSA) is 46.1 Å². The highest BCUT2D eigenvalue weighted by molar-refractivity contribution is 14.0. The summed E-state index contributed by atoms with van der Waals surface area (Å²) in [6.07, 6.45) is 0. The van der Waals surface area contributed by atoms with E-state index in [0.717, 1.165) is 44.6 Å². The first kappa shape index (κ1) is 21.0. The van der Waals surface area contributed by atoms with Crippen LogP contribution in [0.15, 0.2) is 29.3 Å². The summed E-state index contributed by atoms with van der Waals surface area (Å²) in [6, 6.07) is 8.24. The number of nitrogens with zero attached hydrogens (tertiary/aromatic N) is 2. The third-order valence-corrected chi connectivity index (χ3v) is 3.86. The average Bonchev–Trinajstić information content (AvgIpc) is 2.51. The predicted molar refractivity (Wildman–Crippen MR) is 109 cm³/mol. The van der Waals surface area contributed by atoms with Crippen LogP contribution in [0.1, 0.15) is 26.3 Å². The van der Waals surface area contributed by atoms with Gasteiger partial charge < -0.3 is 19.7 Å². The molecule has 1 aromatic carbocycles. The molecule has 0 aliphatic carbocycles. The third kappa shape index (κ3) is 6.12. The Labute approximate surface area is 162 Å². The Bertz CT molecular complexity index is 516. The Hall–Kier alpha value is -1.02. The van der Waals surface area contributed by atoms with Crippen molar-refractivity contribution in [3.8, 4) is 5.75 Å². The number of rotatable bonds is 7. The Morgan fingerprint density at radius 1 is 1.29 bits per heavy atom. The van der Waals surface area contributed by atoms with Crippen LogP contribution in [0.5, 0.6) is 5.75 Å². The van der Waals surface area contributed by atoms with Crippen LogP contribution in [0, 0.1) is 5.41 Å². The normalized spacial score (nSPS) is 15.9. The molecule has 0 bridgehead atoms. The summed E-state index contributed by atoms with van der Waals surface area (Å²) >= 11 is 0. The first-order valence-electron chi connectivity index (χ1n) is 8.35. The van der Waals surface area contributed by atoms with Gasteiger partial charge in [0.25, 0.3) is 0 Å². The highest BCUT2D eigenvalue weighted by atomic mass is 127. The highest BCUT2D eigenvalue weighted by Gasteiger charge is 2.33. The molecule has 1 aliphatic heterocycles. The molecule has 136 valence electrons. The molecule has 1 aliphatic rings. The summed E-state index contributed by atoms with van der Waals surface area (Å²) in [5.41, 5.74) is 1.43. The second-order valence-electron chi connectivity index (χ2n) is 6.41. The van der Waals surface area contributed by atoms with Crippen LogP contribution in [0.3, 0.4) is 0 Å². The Morgan fingerprint density at radius 2 is 1.96 bits per heavy atom. The Morgan fingerprint density at radius 3 is 2.46 bits per heavy atom. The summed E-state index contributed by atoms with van der Waals surface area (Å²) in [4.78, 5) is 6.93. The number of benzene rings is 1. The van der Waals surface area contributed by atoms with Gasteiger partial charge in [-0.3, -0.25) is 4.99 Å². The Kier molecular flexibility index (Phi) is 8.83. The van der Waals surface area contributed by atoms with Gasteiger partial charge in [0.15, 0.2) is 5.96 Å². The molecule has 1 aromatic rings. The molecule has 0 aromatic heterocycles. The summed E-state index contributed by atoms with van der Waals surface area (Å²) in [5, 5.41) is 3.37. The molecule has 1 fully saturated rings. The average molecular weight is 447 g/mol. The number of nitrogens with one attached hydrogen (secondary N) is 1. The second-order valence-corrected chi connectivity index (χ2v) is 6.41. The molecule has 24 heavy (non-hydrogen) atoms. The maximum Gasteiger partial charge on any atom is 0.193 e. The van der Waals surface area contributed by atoms with E-state index in [0.29, 0.717) is 6.61 Å².